The number of hydrogen-bond donors (Lipinski definition) is 0. The summed E-state index contributed by atoms with van der Waals surface area (Å²) in [7, 11) is 1.69. The molecule has 114 valence electrons. The third-order valence-corrected chi connectivity index (χ3v) is 4.09. The van der Waals surface area contributed by atoms with Crippen LogP contribution in [0.5, 0.6) is 0 Å². The molecule has 1 aromatic heterocycles. The van der Waals surface area contributed by atoms with Crippen LogP contribution in [0.2, 0.25) is 0 Å². The van der Waals surface area contributed by atoms with E-state index in [-0.39, 0.29) is 5.91 Å². The molecule has 1 aliphatic rings. The van der Waals surface area contributed by atoms with Crippen molar-refractivity contribution in [3.63, 3.8) is 0 Å². The van der Waals surface area contributed by atoms with Crippen molar-refractivity contribution < 1.29 is 9.59 Å². The number of hydrogen-bond acceptors (Lipinski definition) is 3. The highest BCUT2D eigenvalue weighted by molar-refractivity contribution is 6.34. The minimum Gasteiger partial charge on any atom is -0.337 e. The largest absolute Gasteiger partial charge is 0.337 e. The highest BCUT2D eigenvalue weighted by Gasteiger charge is 2.27. The molecule has 5 heteroatoms. The second-order valence-electron chi connectivity index (χ2n) is 5.81. The number of carbonyl (C=O) groups is 2. The van der Waals surface area contributed by atoms with Crippen molar-refractivity contribution in [3.8, 4) is 0 Å². The first-order chi connectivity index (χ1) is 10.1. The Bertz CT molecular complexity index is 482. The Balaban J connectivity index is 1.82. The maximum Gasteiger partial charge on any atom is 0.312 e. The molecule has 0 radical (unpaired) electrons. The normalized spacial score (nSPS) is 15.8. The van der Waals surface area contributed by atoms with Gasteiger partial charge >= 0.3 is 11.8 Å². The van der Waals surface area contributed by atoms with Crippen molar-refractivity contribution in [2.24, 2.45) is 5.92 Å². The second-order valence-corrected chi connectivity index (χ2v) is 5.81. The van der Waals surface area contributed by atoms with Crippen LogP contribution in [-0.4, -0.2) is 53.3 Å². The van der Waals surface area contributed by atoms with Crippen LogP contribution in [-0.2, 0) is 16.0 Å². The van der Waals surface area contributed by atoms with Crippen LogP contribution in [0.15, 0.2) is 24.5 Å². The second kappa shape index (κ2) is 7.20. The number of carbonyl (C=O) groups excluding carboxylic acids is 2. The Labute approximate surface area is 126 Å². The van der Waals surface area contributed by atoms with Crippen LogP contribution in [0.1, 0.15) is 25.3 Å². The van der Waals surface area contributed by atoms with Gasteiger partial charge in [0.25, 0.3) is 0 Å². The number of likely N-dealkylation sites (N-methyl/N-ethyl adjacent to an activating group) is 1. The van der Waals surface area contributed by atoms with E-state index in [2.05, 4.69) is 11.9 Å². The fraction of sp³-hybridized carbons (Fsp3) is 0.562. The summed E-state index contributed by atoms with van der Waals surface area (Å²) in [6, 6.07) is 3.85. The lowest BCUT2D eigenvalue weighted by atomic mass is 9.99. The summed E-state index contributed by atoms with van der Waals surface area (Å²) >= 11 is 0. The Morgan fingerprint density at radius 2 is 1.90 bits per heavy atom. The fourth-order valence-electron chi connectivity index (χ4n) is 2.46. The zero-order valence-electron chi connectivity index (χ0n) is 12.8. The molecule has 5 nitrogen and oxygen atoms in total. The summed E-state index contributed by atoms with van der Waals surface area (Å²) in [5.74, 6) is -0.119. The van der Waals surface area contributed by atoms with Crippen molar-refractivity contribution >= 4 is 11.8 Å². The average Bonchev–Trinajstić information content (AvgIpc) is 2.53. The monoisotopic (exact) mass is 289 g/mol. The summed E-state index contributed by atoms with van der Waals surface area (Å²) in [4.78, 5) is 31.5. The van der Waals surface area contributed by atoms with Gasteiger partial charge in [-0.05, 0) is 42.9 Å². The Hall–Kier alpha value is -1.91. The minimum absolute atomic E-state index is 0.362. The Morgan fingerprint density at radius 1 is 1.29 bits per heavy atom. The number of aromatic nitrogens is 1. The molecule has 0 aliphatic carbocycles. The fourth-order valence-corrected chi connectivity index (χ4v) is 2.46. The molecule has 1 aliphatic heterocycles. The van der Waals surface area contributed by atoms with Gasteiger partial charge in [0.1, 0.15) is 0 Å². The lowest BCUT2D eigenvalue weighted by molar-refractivity contribution is -0.151. The average molecular weight is 289 g/mol. The van der Waals surface area contributed by atoms with E-state index in [1.54, 1.807) is 24.3 Å². The molecule has 0 unspecified atom stereocenters. The Kier molecular flexibility index (Phi) is 5.31. The van der Waals surface area contributed by atoms with Gasteiger partial charge < -0.3 is 9.80 Å². The number of likely N-dealkylation sites (tertiary alicyclic amines) is 1. The van der Waals surface area contributed by atoms with Crippen molar-refractivity contribution in [2.45, 2.75) is 26.2 Å². The first kappa shape index (κ1) is 15.5. The molecule has 0 aromatic carbocycles. The van der Waals surface area contributed by atoms with E-state index in [9.17, 15) is 9.59 Å². The van der Waals surface area contributed by atoms with Crippen LogP contribution in [0.25, 0.3) is 0 Å². The van der Waals surface area contributed by atoms with Gasteiger partial charge in [0.05, 0.1) is 0 Å². The molecule has 2 rings (SSSR count). The molecule has 0 spiro atoms. The van der Waals surface area contributed by atoms with E-state index >= 15 is 0 Å². The van der Waals surface area contributed by atoms with E-state index in [0.717, 1.165) is 24.8 Å². The zero-order chi connectivity index (χ0) is 15.2. The lowest BCUT2D eigenvalue weighted by Gasteiger charge is -2.31. The molecule has 0 N–H and O–H groups in total. The highest BCUT2D eigenvalue weighted by atomic mass is 16.2. The number of pyridine rings is 1. The van der Waals surface area contributed by atoms with Gasteiger partial charge in [-0.2, -0.15) is 0 Å². The predicted octanol–water partition coefficient (Wildman–Crippen LogP) is 1.34. The van der Waals surface area contributed by atoms with Gasteiger partial charge in [-0.3, -0.25) is 14.6 Å². The molecule has 1 saturated heterocycles. The third-order valence-electron chi connectivity index (χ3n) is 4.09. The van der Waals surface area contributed by atoms with Crippen LogP contribution in [0.4, 0.5) is 0 Å². The maximum absolute atomic E-state index is 12.2. The smallest absolute Gasteiger partial charge is 0.312 e. The summed E-state index contributed by atoms with van der Waals surface area (Å²) in [5, 5.41) is 0. The van der Waals surface area contributed by atoms with Gasteiger partial charge in [-0.25, -0.2) is 0 Å². The topological polar surface area (TPSA) is 53.5 Å². The van der Waals surface area contributed by atoms with E-state index in [0.29, 0.717) is 25.6 Å². The number of piperidine rings is 1. The zero-order valence-corrected chi connectivity index (χ0v) is 12.8. The molecule has 21 heavy (non-hydrogen) atoms. The SMILES string of the molecule is CC1CCN(C(=O)C(=O)N(C)CCc2ccncc2)CC1. The molecular formula is C16H23N3O2. The molecular weight excluding hydrogens is 266 g/mol. The first-order valence-corrected chi connectivity index (χ1v) is 7.51. The van der Waals surface area contributed by atoms with Crippen LogP contribution >= 0.6 is 0 Å². The van der Waals surface area contributed by atoms with Crippen molar-refractivity contribution in [1.29, 1.82) is 0 Å². The van der Waals surface area contributed by atoms with Crippen LogP contribution in [0.3, 0.4) is 0 Å². The highest BCUT2D eigenvalue weighted by Crippen LogP contribution is 2.16. The van der Waals surface area contributed by atoms with E-state index in [1.165, 1.54) is 4.90 Å². The van der Waals surface area contributed by atoms with E-state index in [1.807, 2.05) is 12.1 Å². The quantitative estimate of drug-likeness (QED) is 0.789. The Morgan fingerprint density at radius 3 is 2.52 bits per heavy atom. The molecule has 0 atom stereocenters. The van der Waals surface area contributed by atoms with Crippen molar-refractivity contribution in [1.82, 2.24) is 14.8 Å². The molecule has 2 heterocycles. The number of rotatable bonds is 3. The summed E-state index contributed by atoms with van der Waals surface area (Å²) in [6.45, 7) is 4.12. The van der Waals surface area contributed by atoms with Crippen LogP contribution in [0, 0.1) is 5.92 Å². The standard InChI is InChI=1S/C16H23N3O2/c1-13-5-11-19(12-6-13)16(21)15(20)18(2)10-7-14-3-8-17-9-4-14/h3-4,8-9,13H,5-7,10-12H2,1-2H3. The van der Waals surface area contributed by atoms with Crippen molar-refractivity contribution in [3.05, 3.63) is 30.1 Å². The van der Waals surface area contributed by atoms with E-state index < -0.39 is 5.91 Å². The third kappa shape index (κ3) is 4.28. The summed E-state index contributed by atoms with van der Waals surface area (Å²) in [6.07, 6.45) is 6.17. The van der Waals surface area contributed by atoms with Gasteiger partial charge in [0, 0.05) is 39.1 Å². The molecule has 0 saturated carbocycles. The van der Waals surface area contributed by atoms with Gasteiger partial charge in [-0.1, -0.05) is 6.92 Å². The van der Waals surface area contributed by atoms with Crippen LogP contribution < -0.4 is 0 Å². The summed E-state index contributed by atoms with van der Waals surface area (Å²) in [5.41, 5.74) is 1.11. The van der Waals surface area contributed by atoms with Gasteiger partial charge in [0.15, 0.2) is 0 Å². The number of amides is 2. The van der Waals surface area contributed by atoms with E-state index in [4.69, 9.17) is 0 Å². The lowest BCUT2D eigenvalue weighted by Crippen LogP contribution is -2.47. The molecule has 1 aromatic rings. The predicted molar refractivity (Wildman–Crippen MR) is 80.6 cm³/mol. The van der Waals surface area contributed by atoms with Crippen molar-refractivity contribution in [2.75, 3.05) is 26.7 Å². The minimum atomic E-state index is -0.404. The molecule has 0 bridgehead atoms. The molecule has 2 amide bonds. The van der Waals surface area contributed by atoms with Gasteiger partial charge in [-0.15, -0.1) is 0 Å². The number of nitrogens with zero attached hydrogens (tertiary/aromatic N) is 3. The maximum atomic E-state index is 12.2. The van der Waals surface area contributed by atoms with Gasteiger partial charge in [0.2, 0.25) is 0 Å². The first-order valence-electron chi connectivity index (χ1n) is 7.51. The summed E-state index contributed by atoms with van der Waals surface area (Å²) < 4.78 is 0. The molecule has 1 fully saturated rings.